The quantitative estimate of drug-likeness (QED) is 0.513. The van der Waals surface area contributed by atoms with E-state index in [0.717, 1.165) is 0 Å². The van der Waals surface area contributed by atoms with E-state index in [1.54, 1.807) is 11.3 Å². The molecular formula is C7H11NS2. The molecule has 3 heteroatoms. The predicted molar refractivity (Wildman–Crippen MR) is 47.7 cm³/mol. The molecular weight excluding hydrogens is 162 g/mol. The van der Waals surface area contributed by atoms with Gasteiger partial charge in [0, 0.05) is 17.3 Å². The molecule has 0 amide bonds. The van der Waals surface area contributed by atoms with E-state index in [9.17, 15) is 0 Å². The smallest absolute Gasteiger partial charge is 0.149 e. The first-order chi connectivity index (χ1) is 4.93. The van der Waals surface area contributed by atoms with Crippen LogP contribution in [0.1, 0.15) is 19.8 Å². The Kier molecular flexibility index (Phi) is 3.83. The summed E-state index contributed by atoms with van der Waals surface area (Å²) in [5.74, 6) is 1.21. The molecule has 0 aliphatic carbocycles. The van der Waals surface area contributed by atoms with Crippen molar-refractivity contribution in [2.75, 3.05) is 5.75 Å². The van der Waals surface area contributed by atoms with Crippen molar-refractivity contribution in [3.8, 4) is 0 Å². The van der Waals surface area contributed by atoms with Crippen LogP contribution in [0.3, 0.4) is 0 Å². The number of rotatable bonds is 4. The first-order valence-corrected chi connectivity index (χ1v) is 5.32. The summed E-state index contributed by atoms with van der Waals surface area (Å²) in [5, 5.41) is 2.02. The molecule has 0 unspecified atom stereocenters. The highest BCUT2D eigenvalue weighted by Crippen LogP contribution is 2.20. The van der Waals surface area contributed by atoms with Crippen LogP contribution in [-0.2, 0) is 0 Å². The molecule has 10 heavy (non-hydrogen) atoms. The van der Waals surface area contributed by atoms with Crippen LogP contribution in [0, 0.1) is 0 Å². The highest BCUT2D eigenvalue weighted by molar-refractivity contribution is 8.00. The van der Waals surface area contributed by atoms with Gasteiger partial charge in [0.05, 0.1) is 0 Å². The van der Waals surface area contributed by atoms with Crippen LogP contribution in [0.5, 0.6) is 0 Å². The Morgan fingerprint density at radius 2 is 2.60 bits per heavy atom. The van der Waals surface area contributed by atoms with Gasteiger partial charge >= 0.3 is 0 Å². The second-order valence-corrected chi connectivity index (χ2v) is 4.24. The minimum absolute atomic E-state index is 1.20. The first-order valence-electron chi connectivity index (χ1n) is 3.45. The van der Waals surface area contributed by atoms with Gasteiger partial charge in [0.1, 0.15) is 4.34 Å². The summed E-state index contributed by atoms with van der Waals surface area (Å²) in [7, 11) is 0. The number of hydrogen-bond acceptors (Lipinski definition) is 3. The minimum Gasteiger partial charge on any atom is -0.238 e. The Bertz CT molecular complexity index is 160. The number of nitrogens with zero attached hydrogens (tertiary/aromatic N) is 1. The Balaban J connectivity index is 2.15. The molecule has 1 nitrogen and oxygen atoms in total. The Morgan fingerprint density at radius 1 is 1.70 bits per heavy atom. The molecule has 0 bridgehead atoms. The maximum atomic E-state index is 4.17. The van der Waals surface area contributed by atoms with E-state index in [1.165, 1.54) is 22.9 Å². The molecule has 0 spiro atoms. The zero-order valence-electron chi connectivity index (χ0n) is 6.04. The lowest BCUT2D eigenvalue weighted by Crippen LogP contribution is -1.75. The second-order valence-electron chi connectivity index (χ2n) is 2.00. The molecule has 1 aromatic heterocycles. The SMILES string of the molecule is CCCCSc1nccs1. The lowest BCUT2D eigenvalue weighted by Gasteiger charge is -1.92. The summed E-state index contributed by atoms with van der Waals surface area (Å²) in [6.07, 6.45) is 4.43. The average molecular weight is 173 g/mol. The lowest BCUT2D eigenvalue weighted by molar-refractivity contribution is 0.896. The summed E-state index contributed by atoms with van der Waals surface area (Å²) < 4.78 is 1.20. The average Bonchev–Trinajstić information content (AvgIpc) is 2.41. The van der Waals surface area contributed by atoms with Crippen LogP contribution in [0.25, 0.3) is 0 Å². The Morgan fingerprint density at radius 3 is 3.20 bits per heavy atom. The number of thioether (sulfide) groups is 1. The first kappa shape index (κ1) is 8.08. The van der Waals surface area contributed by atoms with Crippen molar-refractivity contribution >= 4 is 23.1 Å². The molecule has 0 aliphatic heterocycles. The van der Waals surface area contributed by atoms with E-state index >= 15 is 0 Å². The van der Waals surface area contributed by atoms with Gasteiger partial charge in [-0.15, -0.1) is 11.3 Å². The van der Waals surface area contributed by atoms with Gasteiger partial charge in [-0.2, -0.15) is 0 Å². The second kappa shape index (κ2) is 4.74. The summed E-state index contributed by atoms with van der Waals surface area (Å²) in [5.41, 5.74) is 0. The Labute approximate surface area is 69.9 Å². The van der Waals surface area contributed by atoms with E-state index in [2.05, 4.69) is 11.9 Å². The van der Waals surface area contributed by atoms with Crippen LogP contribution >= 0.6 is 23.1 Å². The molecule has 0 aliphatic rings. The van der Waals surface area contributed by atoms with Crippen molar-refractivity contribution in [1.82, 2.24) is 4.98 Å². The molecule has 0 radical (unpaired) electrons. The molecule has 0 aromatic carbocycles. The third kappa shape index (κ3) is 2.71. The molecule has 1 aromatic rings. The van der Waals surface area contributed by atoms with Gasteiger partial charge in [-0.3, -0.25) is 0 Å². The van der Waals surface area contributed by atoms with Gasteiger partial charge in [0.25, 0.3) is 0 Å². The van der Waals surface area contributed by atoms with Crippen LogP contribution in [0.15, 0.2) is 15.9 Å². The van der Waals surface area contributed by atoms with Gasteiger partial charge in [0.2, 0.25) is 0 Å². The van der Waals surface area contributed by atoms with E-state index in [4.69, 9.17) is 0 Å². The molecule has 0 saturated heterocycles. The standard InChI is InChI=1S/C7H11NS2/c1-2-3-5-9-7-8-4-6-10-7/h4,6H,2-3,5H2,1H3. The minimum atomic E-state index is 1.20. The number of aromatic nitrogens is 1. The van der Waals surface area contributed by atoms with Gasteiger partial charge < -0.3 is 0 Å². The monoisotopic (exact) mass is 173 g/mol. The predicted octanol–water partition coefficient (Wildman–Crippen LogP) is 3.04. The highest BCUT2D eigenvalue weighted by Gasteiger charge is 1.93. The number of unbranched alkanes of at least 4 members (excludes halogenated alkanes) is 1. The van der Waals surface area contributed by atoms with Crippen molar-refractivity contribution < 1.29 is 0 Å². The highest BCUT2D eigenvalue weighted by atomic mass is 32.2. The third-order valence-electron chi connectivity index (χ3n) is 1.13. The van der Waals surface area contributed by atoms with Crippen molar-refractivity contribution in [2.24, 2.45) is 0 Å². The number of thiazole rings is 1. The van der Waals surface area contributed by atoms with E-state index < -0.39 is 0 Å². The van der Waals surface area contributed by atoms with Gasteiger partial charge in [-0.1, -0.05) is 25.1 Å². The maximum Gasteiger partial charge on any atom is 0.149 e. The molecule has 0 N–H and O–H groups in total. The molecule has 0 atom stereocenters. The topological polar surface area (TPSA) is 12.9 Å². The zero-order valence-corrected chi connectivity index (χ0v) is 7.67. The van der Waals surface area contributed by atoms with Crippen molar-refractivity contribution in [2.45, 2.75) is 24.1 Å². The van der Waals surface area contributed by atoms with E-state index in [0.29, 0.717) is 0 Å². The van der Waals surface area contributed by atoms with E-state index in [1.807, 2.05) is 23.3 Å². The summed E-state index contributed by atoms with van der Waals surface area (Å²) in [6.45, 7) is 2.21. The van der Waals surface area contributed by atoms with Crippen LogP contribution in [-0.4, -0.2) is 10.7 Å². The fraction of sp³-hybridized carbons (Fsp3) is 0.571. The lowest BCUT2D eigenvalue weighted by atomic mass is 10.4. The largest absolute Gasteiger partial charge is 0.238 e. The molecule has 0 fully saturated rings. The van der Waals surface area contributed by atoms with E-state index in [-0.39, 0.29) is 0 Å². The third-order valence-corrected chi connectivity index (χ3v) is 3.19. The maximum absolute atomic E-state index is 4.17. The Hall–Kier alpha value is -0.0200. The normalized spacial score (nSPS) is 10.1. The van der Waals surface area contributed by atoms with Crippen LogP contribution in [0.2, 0.25) is 0 Å². The van der Waals surface area contributed by atoms with Gasteiger partial charge in [0.15, 0.2) is 0 Å². The molecule has 1 heterocycles. The van der Waals surface area contributed by atoms with Crippen molar-refractivity contribution in [1.29, 1.82) is 0 Å². The summed E-state index contributed by atoms with van der Waals surface area (Å²) in [6, 6.07) is 0. The van der Waals surface area contributed by atoms with Crippen molar-refractivity contribution in [3.05, 3.63) is 11.6 Å². The van der Waals surface area contributed by atoms with Crippen LogP contribution < -0.4 is 0 Å². The summed E-state index contributed by atoms with van der Waals surface area (Å²) in [4.78, 5) is 4.17. The number of hydrogen-bond donors (Lipinski definition) is 0. The summed E-state index contributed by atoms with van der Waals surface area (Å²) >= 11 is 3.58. The fourth-order valence-corrected chi connectivity index (χ4v) is 2.38. The molecule has 1 rings (SSSR count). The molecule has 0 saturated carbocycles. The van der Waals surface area contributed by atoms with Gasteiger partial charge in [-0.25, -0.2) is 4.98 Å². The molecule has 56 valence electrons. The van der Waals surface area contributed by atoms with Crippen molar-refractivity contribution in [3.63, 3.8) is 0 Å². The van der Waals surface area contributed by atoms with Gasteiger partial charge in [-0.05, 0) is 6.42 Å². The zero-order chi connectivity index (χ0) is 7.23. The fourth-order valence-electron chi connectivity index (χ4n) is 0.585. The van der Waals surface area contributed by atoms with Crippen LogP contribution in [0.4, 0.5) is 0 Å².